The lowest BCUT2D eigenvalue weighted by Crippen LogP contribution is -2.15. The van der Waals surface area contributed by atoms with E-state index in [1.807, 2.05) is 54.2 Å². The molecule has 120 valence electrons. The van der Waals surface area contributed by atoms with E-state index < -0.39 is 0 Å². The van der Waals surface area contributed by atoms with Crippen molar-refractivity contribution in [2.45, 2.75) is 42.2 Å². The van der Waals surface area contributed by atoms with Crippen LogP contribution in [-0.2, 0) is 11.2 Å². The maximum atomic E-state index is 12.3. The summed E-state index contributed by atoms with van der Waals surface area (Å²) in [7, 11) is 0. The van der Waals surface area contributed by atoms with Crippen LogP contribution in [0.4, 0.5) is 11.4 Å². The van der Waals surface area contributed by atoms with Gasteiger partial charge >= 0.3 is 0 Å². The molecule has 0 unspecified atom stereocenters. The van der Waals surface area contributed by atoms with Crippen LogP contribution in [0.1, 0.15) is 31.2 Å². The molecule has 1 saturated carbocycles. The molecule has 3 nitrogen and oxygen atoms in total. The van der Waals surface area contributed by atoms with Gasteiger partial charge in [-0.15, -0.1) is 11.8 Å². The van der Waals surface area contributed by atoms with Gasteiger partial charge in [-0.05, 0) is 42.7 Å². The Balaban J connectivity index is 1.64. The van der Waals surface area contributed by atoms with Crippen LogP contribution in [0.3, 0.4) is 0 Å². The number of hydrogen-bond donors (Lipinski definition) is 2. The molecule has 0 spiro atoms. The maximum absolute atomic E-state index is 12.3. The topological polar surface area (TPSA) is 55.1 Å². The zero-order chi connectivity index (χ0) is 16.1. The van der Waals surface area contributed by atoms with Gasteiger partial charge in [0.2, 0.25) is 5.91 Å². The third-order valence-electron chi connectivity index (χ3n) is 4.10. The van der Waals surface area contributed by atoms with E-state index in [2.05, 4.69) is 11.4 Å². The summed E-state index contributed by atoms with van der Waals surface area (Å²) in [6, 6.07) is 15.5. The lowest BCUT2D eigenvalue weighted by molar-refractivity contribution is -0.115. The van der Waals surface area contributed by atoms with Crippen molar-refractivity contribution >= 4 is 29.0 Å². The van der Waals surface area contributed by atoms with E-state index in [-0.39, 0.29) is 5.91 Å². The number of anilines is 2. The van der Waals surface area contributed by atoms with Gasteiger partial charge in [0.1, 0.15) is 0 Å². The molecule has 23 heavy (non-hydrogen) atoms. The third-order valence-corrected chi connectivity index (χ3v) is 5.52. The highest BCUT2D eigenvalue weighted by molar-refractivity contribution is 8.00. The van der Waals surface area contributed by atoms with Gasteiger partial charge in [0, 0.05) is 15.8 Å². The number of hydrogen-bond acceptors (Lipinski definition) is 3. The fourth-order valence-corrected chi connectivity index (χ4v) is 4.21. The number of thioether (sulfide) groups is 1. The van der Waals surface area contributed by atoms with Crippen molar-refractivity contribution in [1.82, 2.24) is 0 Å². The largest absolute Gasteiger partial charge is 0.399 e. The van der Waals surface area contributed by atoms with Crippen molar-refractivity contribution < 1.29 is 4.79 Å². The number of benzene rings is 2. The number of amides is 1. The van der Waals surface area contributed by atoms with Crippen LogP contribution in [0, 0.1) is 0 Å². The standard InChI is InChI=1S/C19H22N2OS/c20-15-11-9-14(10-12-15)13-19(22)21-17-7-3-4-8-18(17)23-16-5-1-2-6-16/h3-4,7-12,16H,1-2,5-6,13,20H2,(H,21,22). The summed E-state index contributed by atoms with van der Waals surface area (Å²) in [5.74, 6) is 0.00856. The number of nitrogen functional groups attached to an aromatic ring is 1. The molecular formula is C19H22N2OS. The van der Waals surface area contributed by atoms with Gasteiger partial charge in [0.15, 0.2) is 0 Å². The van der Waals surface area contributed by atoms with Crippen LogP contribution in [0.2, 0.25) is 0 Å². The Bertz CT molecular complexity index is 663. The molecule has 0 atom stereocenters. The van der Waals surface area contributed by atoms with Crippen molar-refractivity contribution in [2.75, 3.05) is 11.1 Å². The van der Waals surface area contributed by atoms with Crippen molar-refractivity contribution in [3.63, 3.8) is 0 Å². The van der Waals surface area contributed by atoms with Gasteiger partial charge in [-0.25, -0.2) is 0 Å². The molecule has 1 fully saturated rings. The predicted molar refractivity (Wildman–Crippen MR) is 97.7 cm³/mol. The van der Waals surface area contributed by atoms with Crippen LogP contribution in [-0.4, -0.2) is 11.2 Å². The SMILES string of the molecule is Nc1ccc(CC(=O)Nc2ccccc2SC2CCCC2)cc1. The molecule has 0 heterocycles. The number of rotatable bonds is 5. The van der Waals surface area contributed by atoms with Gasteiger partial charge in [-0.3, -0.25) is 4.79 Å². The predicted octanol–water partition coefficient (Wildman–Crippen LogP) is 4.48. The van der Waals surface area contributed by atoms with Crippen LogP contribution in [0.15, 0.2) is 53.4 Å². The number of carbonyl (C=O) groups is 1. The Kier molecular flexibility index (Phi) is 5.23. The minimum absolute atomic E-state index is 0.00856. The summed E-state index contributed by atoms with van der Waals surface area (Å²) in [5, 5.41) is 3.74. The molecule has 1 aliphatic rings. The first-order valence-corrected chi connectivity index (χ1v) is 8.98. The molecule has 0 aromatic heterocycles. The molecular weight excluding hydrogens is 304 g/mol. The summed E-state index contributed by atoms with van der Waals surface area (Å²) in [5.41, 5.74) is 8.28. The highest BCUT2D eigenvalue weighted by atomic mass is 32.2. The molecule has 0 saturated heterocycles. The number of para-hydroxylation sites is 1. The molecule has 3 rings (SSSR count). The van der Waals surface area contributed by atoms with E-state index >= 15 is 0 Å². The first kappa shape index (κ1) is 15.9. The van der Waals surface area contributed by atoms with Crippen LogP contribution < -0.4 is 11.1 Å². The van der Waals surface area contributed by atoms with E-state index in [1.54, 1.807) is 0 Å². The number of carbonyl (C=O) groups excluding carboxylic acids is 1. The van der Waals surface area contributed by atoms with Gasteiger partial charge in [-0.2, -0.15) is 0 Å². The second-order valence-electron chi connectivity index (χ2n) is 5.99. The Labute approximate surface area is 141 Å². The first-order valence-electron chi connectivity index (χ1n) is 8.10. The second-order valence-corrected chi connectivity index (χ2v) is 7.33. The zero-order valence-electron chi connectivity index (χ0n) is 13.1. The fraction of sp³-hybridized carbons (Fsp3) is 0.316. The van der Waals surface area contributed by atoms with Crippen LogP contribution >= 0.6 is 11.8 Å². The minimum Gasteiger partial charge on any atom is -0.399 e. The molecule has 1 amide bonds. The molecule has 0 radical (unpaired) electrons. The van der Waals surface area contributed by atoms with Crippen molar-refractivity contribution in [3.8, 4) is 0 Å². The first-order chi connectivity index (χ1) is 11.2. The molecule has 1 aliphatic carbocycles. The van der Waals surface area contributed by atoms with E-state index in [9.17, 15) is 4.79 Å². The highest BCUT2D eigenvalue weighted by Crippen LogP contribution is 2.38. The van der Waals surface area contributed by atoms with Crippen molar-refractivity contribution in [2.24, 2.45) is 0 Å². The summed E-state index contributed by atoms with van der Waals surface area (Å²) >= 11 is 1.90. The monoisotopic (exact) mass is 326 g/mol. The zero-order valence-corrected chi connectivity index (χ0v) is 13.9. The summed E-state index contributed by atoms with van der Waals surface area (Å²) in [4.78, 5) is 13.5. The molecule has 0 bridgehead atoms. The summed E-state index contributed by atoms with van der Waals surface area (Å²) < 4.78 is 0. The van der Waals surface area contributed by atoms with Gasteiger partial charge < -0.3 is 11.1 Å². The smallest absolute Gasteiger partial charge is 0.228 e. The Morgan fingerprint density at radius 3 is 2.52 bits per heavy atom. The van der Waals surface area contributed by atoms with Gasteiger partial charge in [0.25, 0.3) is 0 Å². The fourth-order valence-electron chi connectivity index (χ4n) is 2.87. The molecule has 4 heteroatoms. The number of nitrogens with two attached hydrogens (primary N) is 1. The Morgan fingerprint density at radius 2 is 1.78 bits per heavy atom. The van der Waals surface area contributed by atoms with E-state index in [1.165, 1.54) is 30.6 Å². The van der Waals surface area contributed by atoms with Gasteiger partial charge in [0.05, 0.1) is 12.1 Å². The number of nitrogens with one attached hydrogen (secondary N) is 1. The summed E-state index contributed by atoms with van der Waals surface area (Å²) in [6.07, 6.45) is 5.56. The second kappa shape index (κ2) is 7.55. The minimum atomic E-state index is 0.00856. The highest BCUT2D eigenvalue weighted by Gasteiger charge is 2.18. The quantitative estimate of drug-likeness (QED) is 0.796. The lowest BCUT2D eigenvalue weighted by atomic mass is 10.1. The van der Waals surface area contributed by atoms with Crippen LogP contribution in [0.25, 0.3) is 0 Å². The van der Waals surface area contributed by atoms with Crippen molar-refractivity contribution in [1.29, 1.82) is 0 Å². The van der Waals surface area contributed by atoms with Crippen LogP contribution in [0.5, 0.6) is 0 Å². The molecule has 3 N–H and O–H groups in total. The van der Waals surface area contributed by atoms with Gasteiger partial charge in [-0.1, -0.05) is 37.1 Å². The van der Waals surface area contributed by atoms with E-state index in [4.69, 9.17) is 5.73 Å². The average molecular weight is 326 g/mol. The Hall–Kier alpha value is -1.94. The molecule has 0 aliphatic heterocycles. The molecule has 2 aromatic carbocycles. The lowest BCUT2D eigenvalue weighted by Gasteiger charge is -2.14. The normalized spacial score (nSPS) is 14.8. The average Bonchev–Trinajstić information content (AvgIpc) is 3.05. The van der Waals surface area contributed by atoms with Crippen molar-refractivity contribution in [3.05, 3.63) is 54.1 Å². The summed E-state index contributed by atoms with van der Waals surface area (Å²) in [6.45, 7) is 0. The van der Waals surface area contributed by atoms with E-state index in [0.717, 1.165) is 11.3 Å². The molecule has 2 aromatic rings. The van der Waals surface area contributed by atoms with E-state index in [0.29, 0.717) is 17.4 Å². The Morgan fingerprint density at radius 1 is 1.09 bits per heavy atom. The third kappa shape index (κ3) is 4.52. The maximum Gasteiger partial charge on any atom is 0.228 e.